The Kier molecular flexibility index (Phi) is 1.15. The first kappa shape index (κ1) is 5.08. The van der Waals surface area contributed by atoms with Crippen molar-refractivity contribution >= 4 is 12.1 Å². The maximum atomic E-state index is 10.3. The van der Waals surface area contributed by atoms with Gasteiger partial charge in [0, 0.05) is 12.6 Å². The minimum Gasteiger partial charge on any atom is -0.368 e. The first-order valence-corrected chi connectivity index (χ1v) is 2.37. The third-order valence-corrected chi connectivity index (χ3v) is 1.01. The molecule has 1 heterocycles. The largest absolute Gasteiger partial charge is 0.368 e. The summed E-state index contributed by atoms with van der Waals surface area (Å²) in [5.74, 6) is -0.345. The van der Waals surface area contributed by atoms with Crippen molar-refractivity contribution in [3.8, 4) is 0 Å². The molecule has 0 fully saturated rings. The third-order valence-electron chi connectivity index (χ3n) is 1.01. The lowest BCUT2D eigenvalue weighted by atomic mass is 10.2. The van der Waals surface area contributed by atoms with E-state index in [4.69, 9.17) is 5.73 Å². The first-order chi connectivity index (χ1) is 3.80. The number of primary amides is 1. The molecule has 0 bridgehead atoms. The van der Waals surface area contributed by atoms with Gasteiger partial charge in [-0.2, -0.15) is 5.10 Å². The second-order valence-corrected chi connectivity index (χ2v) is 1.63. The van der Waals surface area contributed by atoms with Crippen LogP contribution in [0.15, 0.2) is 5.10 Å². The Morgan fingerprint density at radius 1 is 2.00 bits per heavy atom. The summed E-state index contributed by atoms with van der Waals surface area (Å²) in [7, 11) is 0. The van der Waals surface area contributed by atoms with Crippen LogP contribution in [0.5, 0.6) is 0 Å². The second kappa shape index (κ2) is 1.81. The Bertz CT molecular complexity index is 123. The number of hydrazone groups is 1. The monoisotopic (exact) mass is 113 g/mol. The maximum Gasteiger partial charge on any atom is 0.241 e. The number of carbonyl (C=O) groups is 1. The molecule has 0 saturated carbocycles. The summed E-state index contributed by atoms with van der Waals surface area (Å²) in [5, 5.41) is 3.61. The van der Waals surface area contributed by atoms with Gasteiger partial charge in [0.25, 0.3) is 0 Å². The van der Waals surface area contributed by atoms with Crippen molar-refractivity contribution in [2.24, 2.45) is 10.8 Å². The molecular weight excluding hydrogens is 106 g/mol. The Balaban J connectivity index is 2.41. The van der Waals surface area contributed by atoms with Crippen molar-refractivity contribution in [3.05, 3.63) is 0 Å². The molecule has 8 heavy (non-hydrogen) atoms. The summed E-state index contributed by atoms with van der Waals surface area (Å²) in [6.45, 7) is 0. The van der Waals surface area contributed by atoms with E-state index in [9.17, 15) is 4.79 Å². The Morgan fingerprint density at radius 3 is 3.00 bits per heavy atom. The Hall–Kier alpha value is -1.06. The number of nitrogens with zero attached hydrogens (tertiary/aromatic N) is 1. The fraction of sp³-hybridized carbons (Fsp3) is 0.500. The average Bonchev–Trinajstić information content (AvgIpc) is 2.12. The van der Waals surface area contributed by atoms with E-state index in [1.807, 2.05) is 0 Å². The number of nitrogens with one attached hydrogen (secondary N) is 1. The van der Waals surface area contributed by atoms with E-state index >= 15 is 0 Å². The third kappa shape index (κ3) is 0.776. The van der Waals surface area contributed by atoms with Gasteiger partial charge in [-0.3, -0.25) is 10.2 Å². The SMILES string of the molecule is NC(=O)[C@@H]1CC=NN1. The van der Waals surface area contributed by atoms with Gasteiger partial charge in [-0.05, 0) is 0 Å². The standard InChI is InChI=1S/C4H7N3O/c5-4(8)3-1-2-6-7-3/h2-3,7H,1H2,(H2,5,8)/t3-/m0/s1. The molecule has 0 aromatic carbocycles. The zero-order valence-electron chi connectivity index (χ0n) is 4.29. The summed E-state index contributed by atoms with van der Waals surface area (Å²) in [6, 6.07) is -0.269. The van der Waals surface area contributed by atoms with Crippen LogP contribution in [0.3, 0.4) is 0 Å². The topological polar surface area (TPSA) is 67.5 Å². The lowest BCUT2D eigenvalue weighted by molar-refractivity contribution is -0.119. The molecule has 0 aliphatic carbocycles. The number of amides is 1. The van der Waals surface area contributed by atoms with E-state index < -0.39 is 0 Å². The molecule has 0 spiro atoms. The van der Waals surface area contributed by atoms with Crippen molar-refractivity contribution in [3.63, 3.8) is 0 Å². The molecule has 44 valence electrons. The molecule has 1 aliphatic heterocycles. The lowest BCUT2D eigenvalue weighted by Crippen LogP contribution is -2.35. The van der Waals surface area contributed by atoms with Crippen molar-refractivity contribution in [1.82, 2.24) is 5.43 Å². The summed E-state index contributed by atoms with van der Waals surface area (Å²) in [6.07, 6.45) is 2.25. The van der Waals surface area contributed by atoms with Crippen molar-refractivity contribution in [2.75, 3.05) is 0 Å². The highest BCUT2D eigenvalue weighted by atomic mass is 16.1. The summed E-state index contributed by atoms with van der Waals surface area (Å²) >= 11 is 0. The molecule has 0 saturated heterocycles. The van der Waals surface area contributed by atoms with Gasteiger partial charge in [0.15, 0.2) is 0 Å². The molecular formula is C4H7N3O. The van der Waals surface area contributed by atoms with E-state index in [1.165, 1.54) is 0 Å². The Labute approximate surface area is 46.7 Å². The Morgan fingerprint density at radius 2 is 2.75 bits per heavy atom. The van der Waals surface area contributed by atoms with E-state index in [0.29, 0.717) is 6.42 Å². The number of hydrogen-bond acceptors (Lipinski definition) is 3. The van der Waals surface area contributed by atoms with Crippen LogP contribution in [0.2, 0.25) is 0 Å². The molecule has 1 atom stereocenters. The first-order valence-electron chi connectivity index (χ1n) is 2.37. The number of nitrogens with two attached hydrogens (primary N) is 1. The van der Waals surface area contributed by atoms with Gasteiger partial charge in [-0.1, -0.05) is 0 Å². The fourth-order valence-corrected chi connectivity index (χ4v) is 0.533. The predicted octanol–water partition coefficient (Wildman–Crippen LogP) is -1.18. The van der Waals surface area contributed by atoms with Crippen LogP contribution in [0.25, 0.3) is 0 Å². The van der Waals surface area contributed by atoms with Crippen LogP contribution in [0.1, 0.15) is 6.42 Å². The number of hydrogen-bond donors (Lipinski definition) is 2. The highest BCUT2D eigenvalue weighted by Gasteiger charge is 2.15. The fourth-order valence-electron chi connectivity index (χ4n) is 0.533. The van der Waals surface area contributed by atoms with Gasteiger partial charge < -0.3 is 5.73 Å². The quantitative estimate of drug-likeness (QED) is 0.449. The minimum atomic E-state index is -0.345. The van der Waals surface area contributed by atoms with Gasteiger partial charge >= 0.3 is 0 Å². The molecule has 1 aliphatic rings. The average molecular weight is 113 g/mol. The summed E-state index contributed by atoms with van der Waals surface area (Å²) in [5.41, 5.74) is 7.47. The molecule has 1 amide bonds. The minimum absolute atomic E-state index is 0.269. The maximum absolute atomic E-state index is 10.3. The number of rotatable bonds is 1. The summed E-state index contributed by atoms with van der Waals surface area (Å²) in [4.78, 5) is 10.3. The van der Waals surface area contributed by atoms with Gasteiger partial charge in [0.05, 0.1) is 0 Å². The molecule has 0 radical (unpaired) electrons. The van der Waals surface area contributed by atoms with Crippen LogP contribution >= 0.6 is 0 Å². The second-order valence-electron chi connectivity index (χ2n) is 1.63. The molecule has 0 unspecified atom stereocenters. The molecule has 4 heteroatoms. The smallest absolute Gasteiger partial charge is 0.241 e. The molecule has 0 aromatic heterocycles. The highest BCUT2D eigenvalue weighted by Crippen LogP contribution is 1.92. The van der Waals surface area contributed by atoms with Gasteiger partial charge in [-0.25, -0.2) is 0 Å². The van der Waals surface area contributed by atoms with Crippen molar-refractivity contribution in [2.45, 2.75) is 12.5 Å². The van der Waals surface area contributed by atoms with E-state index in [0.717, 1.165) is 0 Å². The zero-order chi connectivity index (χ0) is 5.98. The van der Waals surface area contributed by atoms with Crippen LogP contribution in [-0.2, 0) is 4.79 Å². The molecule has 3 N–H and O–H groups in total. The van der Waals surface area contributed by atoms with Crippen molar-refractivity contribution in [1.29, 1.82) is 0 Å². The summed E-state index contributed by atoms with van der Waals surface area (Å²) < 4.78 is 0. The molecule has 1 rings (SSSR count). The lowest BCUT2D eigenvalue weighted by Gasteiger charge is -2.00. The normalized spacial score (nSPS) is 25.2. The van der Waals surface area contributed by atoms with Gasteiger partial charge in [0.2, 0.25) is 5.91 Å². The van der Waals surface area contributed by atoms with Gasteiger partial charge in [0.1, 0.15) is 6.04 Å². The van der Waals surface area contributed by atoms with Crippen LogP contribution in [0.4, 0.5) is 0 Å². The van der Waals surface area contributed by atoms with E-state index in [2.05, 4.69) is 10.5 Å². The molecule has 0 aromatic rings. The van der Waals surface area contributed by atoms with Gasteiger partial charge in [-0.15, -0.1) is 0 Å². The van der Waals surface area contributed by atoms with Crippen molar-refractivity contribution < 1.29 is 4.79 Å². The van der Waals surface area contributed by atoms with Crippen LogP contribution in [0, 0.1) is 0 Å². The molecule has 4 nitrogen and oxygen atoms in total. The van der Waals surface area contributed by atoms with E-state index in [-0.39, 0.29) is 11.9 Å². The predicted molar refractivity (Wildman–Crippen MR) is 29.2 cm³/mol. The van der Waals surface area contributed by atoms with Crippen LogP contribution in [-0.4, -0.2) is 18.2 Å². The highest BCUT2D eigenvalue weighted by molar-refractivity contribution is 5.84. The van der Waals surface area contributed by atoms with Crippen LogP contribution < -0.4 is 11.2 Å². The van der Waals surface area contributed by atoms with E-state index in [1.54, 1.807) is 6.21 Å². The zero-order valence-corrected chi connectivity index (χ0v) is 4.29. The number of carbonyl (C=O) groups excluding carboxylic acids is 1.